The third-order valence-corrected chi connectivity index (χ3v) is 3.29. The van der Waals surface area contributed by atoms with Crippen LogP contribution in [0.3, 0.4) is 0 Å². The maximum Gasteiger partial charge on any atom is 0.119 e. The van der Waals surface area contributed by atoms with Crippen LogP contribution in [0.1, 0.15) is 31.9 Å². The molecule has 0 saturated carbocycles. The van der Waals surface area contributed by atoms with Crippen LogP contribution in [0, 0.1) is 19.3 Å². The summed E-state index contributed by atoms with van der Waals surface area (Å²) >= 11 is 0. The second-order valence-electron chi connectivity index (χ2n) is 5.76. The van der Waals surface area contributed by atoms with Crippen LogP contribution in [0.4, 0.5) is 0 Å². The van der Waals surface area contributed by atoms with Crippen LogP contribution in [0.5, 0.6) is 5.75 Å². The van der Waals surface area contributed by atoms with Gasteiger partial charge in [0.25, 0.3) is 0 Å². The normalized spacial score (nSPS) is 13.5. The quantitative estimate of drug-likeness (QED) is 0.864. The van der Waals surface area contributed by atoms with Crippen molar-refractivity contribution in [2.24, 2.45) is 5.41 Å². The lowest BCUT2D eigenvalue weighted by Crippen LogP contribution is -2.42. The number of ether oxygens (including phenoxy) is 1. The molecular weight excluding hydrogens is 210 g/mol. The maximum absolute atomic E-state index is 5.86. The van der Waals surface area contributed by atoms with Gasteiger partial charge in [-0.3, -0.25) is 0 Å². The molecule has 0 spiro atoms. The third kappa shape index (κ3) is 4.04. The average molecular weight is 235 g/mol. The summed E-state index contributed by atoms with van der Waals surface area (Å²) in [5, 5.41) is 3.31. The first-order chi connectivity index (χ1) is 7.84. The van der Waals surface area contributed by atoms with Crippen LogP contribution >= 0.6 is 0 Å². The molecule has 1 rings (SSSR count). The standard InChI is InChI=1S/C15H25NO/c1-11-7-8-13(9-12(11)2)17-10-14(16-6)15(3,4)5/h7-9,14,16H,10H2,1-6H3. The van der Waals surface area contributed by atoms with Gasteiger partial charge >= 0.3 is 0 Å². The van der Waals surface area contributed by atoms with Gasteiger partial charge in [0.05, 0.1) is 0 Å². The van der Waals surface area contributed by atoms with Gasteiger partial charge in [-0.25, -0.2) is 0 Å². The molecule has 0 aromatic heterocycles. The Morgan fingerprint density at radius 2 is 1.82 bits per heavy atom. The van der Waals surface area contributed by atoms with Gasteiger partial charge in [-0.05, 0) is 49.6 Å². The molecule has 1 aromatic carbocycles. The Balaban J connectivity index is 2.63. The van der Waals surface area contributed by atoms with Crippen LogP contribution < -0.4 is 10.1 Å². The minimum atomic E-state index is 0.203. The molecule has 0 aliphatic heterocycles. The van der Waals surface area contributed by atoms with Crippen LogP contribution in [0.15, 0.2) is 18.2 Å². The molecule has 0 aliphatic carbocycles. The van der Waals surface area contributed by atoms with Crippen LogP contribution in [-0.4, -0.2) is 19.7 Å². The van der Waals surface area contributed by atoms with Crippen molar-refractivity contribution < 1.29 is 4.74 Å². The van der Waals surface area contributed by atoms with E-state index in [9.17, 15) is 0 Å². The molecule has 0 aliphatic rings. The van der Waals surface area contributed by atoms with E-state index in [4.69, 9.17) is 4.74 Å². The molecule has 0 amide bonds. The molecule has 1 N–H and O–H groups in total. The Kier molecular flexibility index (Phi) is 4.58. The van der Waals surface area contributed by atoms with Gasteiger partial charge < -0.3 is 10.1 Å². The van der Waals surface area contributed by atoms with Gasteiger partial charge in [0.15, 0.2) is 0 Å². The number of hydrogen-bond acceptors (Lipinski definition) is 2. The first kappa shape index (κ1) is 14.0. The van der Waals surface area contributed by atoms with Crippen molar-refractivity contribution in [2.75, 3.05) is 13.7 Å². The summed E-state index contributed by atoms with van der Waals surface area (Å²) in [4.78, 5) is 0. The molecule has 1 unspecified atom stereocenters. The highest BCUT2D eigenvalue weighted by Gasteiger charge is 2.23. The second kappa shape index (κ2) is 5.54. The van der Waals surface area contributed by atoms with Crippen molar-refractivity contribution >= 4 is 0 Å². The van der Waals surface area contributed by atoms with Crippen LogP contribution in [0.25, 0.3) is 0 Å². The highest BCUT2D eigenvalue weighted by Crippen LogP contribution is 2.21. The SMILES string of the molecule is CNC(COc1ccc(C)c(C)c1)C(C)(C)C. The van der Waals surface area contributed by atoms with E-state index >= 15 is 0 Å². The Morgan fingerprint density at radius 3 is 2.29 bits per heavy atom. The summed E-state index contributed by atoms with van der Waals surface area (Å²) < 4.78 is 5.86. The third-order valence-electron chi connectivity index (χ3n) is 3.29. The fourth-order valence-corrected chi connectivity index (χ4v) is 1.75. The molecular formula is C15H25NO. The number of hydrogen-bond donors (Lipinski definition) is 1. The molecule has 0 bridgehead atoms. The topological polar surface area (TPSA) is 21.3 Å². The Morgan fingerprint density at radius 1 is 1.18 bits per heavy atom. The van der Waals surface area contributed by atoms with E-state index in [2.05, 4.69) is 52.1 Å². The highest BCUT2D eigenvalue weighted by atomic mass is 16.5. The minimum absolute atomic E-state index is 0.203. The van der Waals surface area contributed by atoms with E-state index < -0.39 is 0 Å². The summed E-state index contributed by atoms with van der Waals surface area (Å²) in [7, 11) is 1.99. The van der Waals surface area contributed by atoms with Crippen molar-refractivity contribution in [3.8, 4) is 5.75 Å². The van der Waals surface area contributed by atoms with Gasteiger partial charge in [-0.2, -0.15) is 0 Å². The van der Waals surface area contributed by atoms with Gasteiger partial charge in [0.2, 0.25) is 0 Å². The lowest BCUT2D eigenvalue weighted by Gasteiger charge is -2.30. The van der Waals surface area contributed by atoms with E-state index in [1.54, 1.807) is 0 Å². The van der Waals surface area contributed by atoms with Gasteiger partial charge in [-0.15, -0.1) is 0 Å². The number of nitrogens with one attached hydrogen (secondary N) is 1. The summed E-state index contributed by atoms with van der Waals surface area (Å²) in [5.41, 5.74) is 2.78. The minimum Gasteiger partial charge on any atom is -0.492 e. The monoisotopic (exact) mass is 235 g/mol. The molecule has 2 nitrogen and oxygen atoms in total. The number of rotatable bonds is 4. The van der Waals surface area contributed by atoms with Crippen molar-refractivity contribution in [3.05, 3.63) is 29.3 Å². The zero-order valence-electron chi connectivity index (χ0n) is 11.9. The molecule has 2 heteroatoms. The maximum atomic E-state index is 5.86. The highest BCUT2D eigenvalue weighted by molar-refractivity contribution is 5.33. The second-order valence-corrected chi connectivity index (χ2v) is 5.76. The first-order valence-corrected chi connectivity index (χ1v) is 6.22. The van der Waals surface area contributed by atoms with E-state index in [0.717, 1.165) is 5.75 Å². The largest absolute Gasteiger partial charge is 0.492 e. The Hall–Kier alpha value is -1.02. The zero-order valence-corrected chi connectivity index (χ0v) is 11.9. The summed E-state index contributed by atoms with van der Waals surface area (Å²) in [6.45, 7) is 11.6. The van der Waals surface area contributed by atoms with E-state index in [1.807, 2.05) is 13.1 Å². The molecule has 1 aromatic rings. The lowest BCUT2D eigenvalue weighted by molar-refractivity contribution is 0.181. The van der Waals surface area contributed by atoms with E-state index in [0.29, 0.717) is 12.6 Å². The number of aryl methyl sites for hydroxylation is 2. The smallest absolute Gasteiger partial charge is 0.119 e. The van der Waals surface area contributed by atoms with Crippen molar-refractivity contribution in [1.82, 2.24) is 5.32 Å². The summed E-state index contributed by atoms with van der Waals surface area (Å²) in [6, 6.07) is 6.60. The van der Waals surface area contributed by atoms with Gasteiger partial charge in [0.1, 0.15) is 12.4 Å². The van der Waals surface area contributed by atoms with Crippen molar-refractivity contribution in [3.63, 3.8) is 0 Å². The Bertz CT molecular complexity index is 366. The number of benzene rings is 1. The fraction of sp³-hybridized carbons (Fsp3) is 0.600. The van der Waals surface area contributed by atoms with Crippen LogP contribution in [-0.2, 0) is 0 Å². The molecule has 0 fully saturated rings. The molecule has 17 heavy (non-hydrogen) atoms. The van der Waals surface area contributed by atoms with Gasteiger partial charge in [0, 0.05) is 6.04 Å². The lowest BCUT2D eigenvalue weighted by atomic mass is 9.87. The predicted octanol–water partition coefficient (Wildman–Crippen LogP) is 3.32. The molecule has 96 valence electrons. The molecule has 0 saturated heterocycles. The van der Waals surface area contributed by atoms with E-state index in [1.165, 1.54) is 11.1 Å². The van der Waals surface area contributed by atoms with E-state index in [-0.39, 0.29) is 5.41 Å². The summed E-state index contributed by atoms with van der Waals surface area (Å²) in [5.74, 6) is 0.956. The van der Waals surface area contributed by atoms with Gasteiger partial charge in [-0.1, -0.05) is 26.8 Å². The molecule has 0 heterocycles. The fourth-order valence-electron chi connectivity index (χ4n) is 1.75. The first-order valence-electron chi connectivity index (χ1n) is 6.22. The van der Waals surface area contributed by atoms with Crippen molar-refractivity contribution in [1.29, 1.82) is 0 Å². The predicted molar refractivity (Wildman–Crippen MR) is 73.7 cm³/mol. The summed E-state index contributed by atoms with van der Waals surface area (Å²) in [6.07, 6.45) is 0. The molecule has 0 radical (unpaired) electrons. The average Bonchev–Trinajstić information content (AvgIpc) is 2.22. The molecule has 1 atom stereocenters. The zero-order chi connectivity index (χ0) is 13.1. The Labute approximate surface area is 105 Å². The number of likely N-dealkylation sites (N-methyl/N-ethyl adjacent to an activating group) is 1. The van der Waals surface area contributed by atoms with Crippen LogP contribution in [0.2, 0.25) is 0 Å². The van der Waals surface area contributed by atoms with Crippen molar-refractivity contribution in [2.45, 2.75) is 40.7 Å².